The summed E-state index contributed by atoms with van der Waals surface area (Å²) in [5.41, 5.74) is 0.525. The molecule has 0 saturated carbocycles. The van der Waals surface area contributed by atoms with E-state index in [0.29, 0.717) is 23.6 Å². The number of rotatable bonds is 1. The average molecular weight is 280 g/mol. The van der Waals surface area contributed by atoms with Crippen molar-refractivity contribution in [1.29, 1.82) is 0 Å². The lowest BCUT2D eigenvalue weighted by Crippen LogP contribution is -2.37. The predicted molar refractivity (Wildman–Crippen MR) is 75.2 cm³/mol. The third-order valence-corrected chi connectivity index (χ3v) is 3.66. The molecule has 1 fully saturated rings. The maximum absolute atomic E-state index is 12.4. The van der Waals surface area contributed by atoms with Gasteiger partial charge in [-0.15, -0.1) is 0 Å². The summed E-state index contributed by atoms with van der Waals surface area (Å²) < 4.78 is 0. The minimum atomic E-state index is -0.205. The molecule has 0 N–H and O–H groups in total. The number of hydrogen-bond acceptors (Lipinski definition) is 2. The maximum atomic E-state index is 12.4. The average Bonchev–Trinajstić information content (AvgIpc) is 2.51. The fourth-order valence-electron chi connectivity index (χ4n) is 2.30. The molecule has 1 aromatic rings. The lowest BCUT2D eigenvalue weighted by molar-refractivity contribution is -0.128. The fourth-order valence-corrected chi connectivity index (χ4v) is 2.43. The molecule has 1 aliphatic heterocycles. The van der Waals surface area contributed by atoms with Gasteiger partial charge < -0.3 is 0 Å². The van der Waals surface area contributed by atoms with Gasteiger partial charge in [-0.25, -0.2) is 0 Å². The van der Waals surface area contributed by atoms with Gasteiger partial charge in [0.15, 0.2) is 0 Å². The number of carbonyl (C=O) groups excluding carboxylic acids is 2. The molecule has 0 aliphatic carbocycles. The van der Waals surface area contributed by atoms with Crippen LogP contribution in [0.2, 0.25) is 5.02 Å². The maximum Gasteiger partial charge on any atom is 0.260 e. The van der Waals surface area contributed by atoms with Crippen LogP contribution in [0, 0.1) is 0 Å². The smallest absolute Gasteiger partial charge is 0.260 e. The zero-order chi connectivity index (χ0) is 13.7. The van der Waals surface area contributed by atoms with Crippen molar-refractivity contribution in [2.45, 2.75) is 38.5 Å². The van der Waals surface area contributed by atoms with Gasteiger partial charge in [-0.2, -0.15) is 0 Å². The first-order valence-corrected chi connectivity index (χ1v) is 7.16. The van der Waals surface area contributed by atoms with E-state index in [1.54, 1.807) is 24.3 Å². The van der Waals surface area contributed by atoms with E-state index in [1.807, 2.05) is 0 Å². The molecule has 1 aliphatic rings. The summed E-state index contributed by atoms with van der Waals surface area (Å²) in [4.78, 5) is 25.8. The number of hydrogen-bond donors (Lipinski definition) is 0. The van der Waals surface area contributed by atoms with Gasteiger partial charge in [0, 0.05) is 23.6 Å². The highest BCUT2D eigenvalue weighted by atomic mass is 35.5. The van der Waals surface area contributed by atoms with Gasteiger partial charge in [0.25, 0.3) is 5.91 Å². The molecular formula is C15H18ClNO2. The van der Waals surface area contributed by atoms with Gasteiger partial charge in [0.2, 0.25) is 5.91 Å². The number of carbonyl (C=O) groups is 2. The zero-order valence-electron chi connectivity index (χ0n) is 10.9. The number of halogens is 1. The molecule has 0 atom stereocenters. The highest BCUT2D eigenvalue weighted by Crippen LogP contribution is 2.16. The van der Waals surface area contributed by atoms with E-state index >= 15 is 0 Å². The first-order valence-electron chi connectivity index (χ1n) is 6.79. The normalized spacial score (nSPS) is 17.5. The van der Waals surface area contributed by atoms with E-state index in [9.17, 15) is 9.59 Å². The largest absolute Gasteiger partial charge is 0.279 e. The Morgan fingerprint density at radius 2 is 1.63 bits per heavy atom. The Morgan fingerprint density at radius 3 is 2.37 bits per heavy atom. The highest BCUT2D eigenvalue weighted by molar-refractivity contribution is 6.30. The number of nitrogens with zero attached hydrogens (tertiary/aromatic N) is 1. The number of benzene rings is 1. The van der Waals surface area contributed by atoms with Crippen molar-refractivity contribution in [1.82, 2.24) is 4.90 Å². The molecule has 2 rings (SSSR count). The van der Waals surface area contributed by atoms with Gasteiger partial charge in [0.05, 0.1) is 0 Å². The van der Waals surface area contributed by atoms with Gasteiger partial charge in [-0.3, -0.25) is 14.5 Å². The quantitative estimate of drug-likeness (QED) is 0.736. The molecule has 3 nitrogen and oxygen atoms in total. The van der Waals surface area contributed by atoms with E-state index in [0.717, 1.165) is 32.1 Å². The molecule has 0 unspecified atom stereocenters. The second kappa shape index (κ2) is 6.71. The Balaban J connectivity index is 2.14. The Labute approximate surface area is 118 Å². The lowest BCUT2D eigenvalue weighted by Gasteiger charge is -2.20. The molecule has 0 bridgehead atoms. The van der Waals surface area contributed by atoms with Crippen molar-refractivity contribution < 1.29 is 9.59 Å². The van der Waals surface area contributed by atoms with Crippen molar-refractivity contribution >= 4 is 23.4 Å². The SMILES string of the molecule is O=C1CCCCCCCN1C(=O)c1ccc(Cl)cc1. The standard InChI is InChI=1S/C15H18ClNO2/c16-13-9-7-12(8-10-13)15(19)17-11-5-3-1-2-4-6-14(17)18/h7-10H,1-6,11H2. The van der Waals surface area contributed by atoms with Crippen LogP contribution in [0.25, 0.3) is 0 Å². The van der Waals surface area contributed by atoms with E-state index in [2.05, 4.69) is 0 Å². The second-order valence-electron chi connectivity index (χ2n) is 4.88. The van der Waals surface area contributed by atoms with Gasteiger partial charge in [0.1, 0.15) is 0 Å². The van der Waals surface area contributed by atoms with E-state index in [1.165, 1.54) is 4.90 Å². The van der Waals surface area contributed by atoms with Crippen molar-refractivity contribution in [2.75, 3.05) is 6.54 Å². The third kappa shape index (κ3) is 3.80. The van der Waals surface area contributed by atoms with E-state index < -0.39 is 0 Å². The van der Waals surface area contributed by atoms with Crippen LogP contribution < -0.4 is 0 Å². The predicted octanol–water partition coefficient (Wildman–Crippen LogP) is 3.66. The Bertz CT molecular complexity index is 456. The number of amides is 2. The van der Waals surface area contributed by atoms with Gasteiger partial charge in [-0.1, -0.05) is 30.9 Å². The molecule has 1 heterocycles. The molecular weight excluding hydrogens is 262 g/mol. The Hall–Kier alpha value is -1.35. The van der Waals surface area contributed by atoms with Gasteiger partial charge >= 0.3 is 0 Å². The minimum absolute atomic E-state index is 0.0538. The van der Waals surface area contributed by atoms with Crippen LogP contribution in [0.1, 0.15) is 48.9 Å². The summed E-state index contributed by atoms with van der Waals surface area (Å²) in [6.07, 6.45) is 5.55. The monoisotopic (exact) mass is 279 g/mol. The molecule has 102 valence electrons. The summed E-state index contributed by atoms with van der Waals surface area (Å²) in [6, 6.07) is 6.69. The van der Waals surface area contributed by atoms with Crippen LogP contribution in [0.15, 0.2) is 24.3 Å². The van der Waals surface area contributed by atoms with Crippen LogP contribution in [-0.2, 0) is 4.79 Å². The molecule has 1 aromatic carbocycles. The summed E-state index contributed by atoms with van der Waals surface area (Å²) in [5.74, 6) is -0.259. The molecule has 0 aromatic heterocycles. The zero-order valence-corrected chi connectivity index (χ0v) is 11.7. The van der Waals surface area contributed by atoms with E-state index in [-0.39, 0.29) is 11.8 Å². The summed E-state index contributed by atoms with van der Waals surface area (Å²) in [5, 5.41) is 0.590. The van der Waals surface area contributed by atoms with Gasteiger partial charge in [-0.05, 0) is 37.1 Å². The third-order valence-electron chi connectivity index (χ3n) is 3.41. The highest BCUT2D eigenvalue weighted by Gasteiger charge is 2.22. The molecule has 19 heavy (non-hydrogen) atoms. The van der Waals surface area contributed by atoms with Crippen LogP contribution in [0.3, 0.4) is 0 Å². The second-order valence-corrected chi connectivity index (χ2v) is 5.31. The minimum Gasteiger partial charge on any atom is -0.279 e. The first-order chi connectivity index (χ1) is 9.18. The summed E-state index contributed by atoms with van der Waals surface area (Å²) >= 11 is 5.81. The molecule has 0 spiro atoms. The molecule has 0 radical (unpaired) electrons. The van der Waals surface area contributed by atoms with Crippen LogP contribution >= 0.6 is 11.6 Å². The van der Waals surface area contributed by atoms with Crippen molar-refractivity contribution in [2.24, 2.45) is 0 Å². The van der Waals surface area contributed by atoms with Crippen molar-refractivity contribution in [3.8, 4) is 0 Å². The van der Waals surface area contributed by atoms with Crippen molar-refractivity contribution in [3.05, 3.63) is 34.9 Å². The topological polar surface area (TPSA) is 37.4 Å². The molecule has 2 amide bonds. The number of imide groups is 1. The molecule has 4 heteroatoms. The van der Waals surface area contributed by atoms with Crippen LogP contribution in [0.4, 0.5) is 0 Å². The van der Waals surface area contributed by atoms with Crippen LogP contribution in [-0.4, -0.2) is 23.3 Å². The summed E-state index contributed by atoms with van der Waals surface area (Å²) in [6.45, 7) is 0.528. The Kier molecular flexibility index (Phi) is 4.97. The Morgan fingerprint density at radius 1 is 1.00 bits per heavy atom. The van der Waals surface area contributed by atoms with Crippen LogP contribution in [0.5, 0.6) is 0 Å². The first kappa shape index (κ1) is 14.1. The lowest BCUT2D eigenvalue weighted by atomic mass is 10.1. The molecule has 1 saturated heterocycles. The van der Waals surface area contributed by atoms with E-state index in [4.69, 9.17) is 11.6 Å². The summed E-state index contributed by atoms with van der Waals surface area (Å²) in [7, 11) is 0. The fraction of sp³-hybridized carbons (Fsp3) is 0.467. The van der Waals surface area contributed by atoms with Crippen molar-refractivity contribution in [3.63, 3.8) is 0 Å².